The van der Waals surface area contributed by atoms with Crippen LogP contribution in [0.4, 0.5) is 5.69 Å². The Morgan fingerprint density at radius 3 is 2.83 bits per heavy atom. The minimum Gasteiger partial charge on any atom is -0.486 e. The van der Waals surface area contributed by atoms with Crippen molar-refractivity contribution in [1.29, 1.82) is 0 Å². The lowest BCUT2D eigenvalue weighted by molar-refractivity contribution is 0.111. The maximum Gasteiger partial charge on any atom is 0.301 e. The zero-order valence-electron chi connectivity index (χ0n) is 13.7. The number of ether oxygens (including phenoxy) is 2. The molecule has 0 atom stereocenters. The summed E-state index contributed by atoms with van der Waals surface area (Å²) in [5, 5.41) is 0. The summed E-state index contributed by atoms with van der Waals surface area (Å²) in [6, 6.07) is 3.65. The number of fused-ring (bicyclic) bond motifs is 1. The van der Waals surface area contributed by atoms with E-state index >= 15 is 0 Å². The number of morpholine rings is 1. The molecule has 7 heteroatoms. The highest BCUT2D eigenvalue weighted by Gasteiger charge is 2.16. The summed E-state index contributed by atoms with van der Waals surface area (Å²) in [6.45, 7) is 5.31. The third-order valence-electron chi connectivity index (χ3n) is 4.02. The number of nitrogens with zero attached hydrogens (tertiary/aromatic N) is 3. The third kappa shape index (κ3) is 3.26. The van der Waals surface area contributed by atoms with E-state index in [4.69, 9.17) is 9.47 Å². The highest BCUT2D eigenvalue weighted by molar-refractivity contribution is 5.77. The van der Waals surface area contributed by atoms with Crippen LogP contribution in [0.3, 0.4) is 0 Å². The first-order valence-corrected chi connectivity index (χ1v) is 8.21. The molecule has 1 saturated heterocycles. The summed E-state index contributed by atoms with van der Waals surface area (Å²) in [6.07, 6.45) is 4.07. The van der Waals surface area contributed by atoms with Crippen LogP contribution >= 0.6 is 0 Å². The Morgan fingerprint density at radius 1 is 1.33 bits per heavy atom. The zero-order chi connectivity index (χ0) is 16.9. The van der Waals surface area contributed by atoms with Gasteiger partial charge in [-0.2, -0.15) is 0 Å². The number of hydrogen-bond acceptors (Lipinski definition) is 6. The Hall–Kier alpha value is -2.41. The summed E-state index contributed by atoms with van der Waals surface area (Å²) in [5.41, 5.74) is 1.05. The van der Waals surface area contributed by atoms with Crippen LogP contribution in [0.25, 0.3) is 5.65 Å². The van der Waals surface area contributed by atoms with Gasteiger partial charge in [-0.3, -0.25) is 14.0 Å². The van der Waals surface area contributed by atoms with E-state index in [0.29, 0.717) is 31.8 Å². The molecule has 3 heterocycles. The van der Waals surface area contributed by atoms with Crippen LogP contribution in [0.2, 0.25) is 0 Å². The van der Waals surface area contributed by atoms with Gasteiger partial charge in [-0.1, -0.05) is 13.3 Å². The number of rotatable bonds is 6. The van der Waals surface area contributed by atoms with Crippen molar-refractivity contribution in [2.24, 2.45) is 0 Å². The standard InChI is InChI=1S/C17H21N3O4/c1-2-3-8-24-16-14(12-21)18-15-5-4-13(11-20(15)17(16)22)19-6-9-23-10-7-19/h4-5,11-12H,2-3,6-10H2,1H3. The van der Waals surface area contributed by atoms with E-state index in [2.05, 4.69) is 9.88 Å². The van der Waals surface area contributed by atoms with Crippen LogP contribution < -0.4 is 15.2 Å². The molecular formula is C17H21N3O4. The predicted molar refractivity (Wildman–Crippen MR) is 90.3 cm³/mol. The molecule has 2 aromatic rings. The van der Waals surface area contributed by atoms with Crippen molar-refractivity contribution in [3.8, 4) is 5.75 Å². The average Bonchev–Trinajstić information content (AvgIpc) is 2.64. The summed E-state index contributed by atoms with van der Waals surface area (Å²) in [7, 11) is 0. The van der Waals surface area contributed by atoms with E-state index in [1.165, 1.54) is 4.40 Å². The minimum absolute atomic E-state index is 0.0232. The van der Waals surface area contributed by atoms with Gasteiger partial charge >= 0.3 is 5.56 Å². The van der Waals surface area contributed by atoms with E-state index in [0.717, 1.165) is 31.6 Å². The first-order chi connectivity index (χ1) is 11.7. The van der Waals surface area contributed by atoms with Crippen LogP contribution in [0.15, 0.2) is 23.1 Å². The van der Waals surface area contributed by atoms with Gasteiger partial charge in [-0.15, -0.1) is 0 Å². The van der Waals surface area contributed by atoms with Gasteiger partial charge in [0.2, 0.25) is 5.75 Å². The van der Waals surface area contributed by atoms with Gasteiger partial charge in [-0.25, -0.2) is 4.98 Å². The number of aldehydes is 1. The predicted octanol–water partition coefficient (Wildman–Crippen LogP) is 1.52. The van der Waals surface area contributed by atoms with Crippen molar-refractivity contribution in [3.05, 3.63) is 34.4 Å². The van der Waals surface area contributed by atoms with E-state index in [-0.39, 0.29) is 17.0 Å². The van der Waals surface area contributed by atoms with Gasteiger partial charge in [0.1, 0.15) is 5.65 Å². The Balaban J connectivity index is 2.02. The van der Waals surface area contributed by atoms with Crippen LogP contribution in [0.1, 0.15) is 30.3 Å². The van der Waals surface area contributed by atoms with Crippen molar-refractivity contribution >= 4 is 17.6 Å². The second-order valence-electron chi connectivity index (χ2n) is 5.67. The van der Waals surface area contributed by atoms with E-state index in [1.54, 1.807) is 12.3 Å². The highest BCUT2D eigenvalue weighted by Crippen LogP contribution is 2.18. The van der Waals surface area contributed by atoms with Gasteiger partial charge in [0.15, 0.2) is 12.0 Å². The monoisotopic (exact) mass is 331 g/mol. The van der Waals surface area contributed by atoms with Crippen molar-refractivity contribution in [2.75, 3.05) is 37.8 Å². The van der Waals surface area contributed by atoms with Crippen LogP contribution in [-0.4, -0.2) is 48.6 Å². The number of unbranched alkanes of at least 4 members (excludes halogenated alkanes) is 1. The lowest BCUT2D eigenvalue weighted by Crippen LogP contribution is -2.36. The normalized spacial score (nSPS) is 14.8. The van der Waals surface area contributed by atoms with Gasteiger partial charge in [0.25, 0.3) is 0 Å². The first-order valence-electron chi connectivity index (χ1n) is 8.21. The molecule has 0 bridgehead atoms. The van der Waals surface area contributed by atoms with Gasteiger partial charge < -0.3 is 14.4 Å². The molecule has 0 unspecified atom stereocenters. The number of carbonyl (C=O) groups is 1. The van der Waals surface area contributed by atoms with E-state index in [1.807, 2.05) is 13.0 Å². The van der Waals surface area contributed by atoms with Crippen LogP contribution in [0, 0.1) is 0 Å². The average molecular weight is 331 g/mol. The van der Waals surface area contributed by atoms with Crippen molar-refractivity contribution in [2.45, 2.75) is 19.8 Å². The van der Waals surface area contributed by atoms with E-state index in [9.17, 15) is 9.59 Å². The molecule has 0 amide bonds. The lowest BCUT2D eigenvalue weighted by atomic mass is 10.3. The number of anilines is 1. The van der Waals surface area contributed by atoms with Gasteiger partial charge in [0.05, 0.1) is 25.5 Å². The Labute approximate surface area is 139 Å². The molecule has 1 fully saturated rings. The van der Waals surface area contributed by atoms with Gasteiger partial charge in [-0.05, 0) is 18.6 Å². The molecule has 0 radical (unpaired) electrons. The number of pyridine rings is 1. The second-order valence-corrected chi connectivity index (χ2v) is 5.67. The fourth-order valence-electron chi connectivity index (χ4n) is 2.67. The maximum atomic E-state index is 12.7. The van der Waals surface area contributed by atoms with Crippen molar-refractivity contribution in [3.63, 3.8) is 0 Å². The Kier molecular flexibility index (Phi) is 5.10. The number of carbonyl (C=O) groups excluding carboxylic acids is 1. The molecule has 0 aromatic carbocycles. The third-order valence-corrected chi connectivity index (χ3v) is 4.02. The smallest absolute Gasteiger partial charge is 0.301 e. The minimum atomic E-state index is -0.353. The Bertz CT molecular complexity index is 781. The molecule has 24 heavy (non-hydrogen) atoms. The summed E-state index contributed by atoms with van der Waals surface area (Å²) in [5.74, 6) is 0.0232. The second kappa shape index (κ2) is 7.44. The molecule has 7 nitrogen and oxygen atoms in total. The first kappa shape index (κ1) is 16.4. The fraction of sp³-hybridized carbons (Fsp3) is 0.471. The molecule has 128 valence electrons. The number of aromatic nitrogens is 2. The quantitative estimate of drug-likeness (QED) is 0.590. The summed E-state index contributed by atoms with van der Waals surface area (Å²) < 4.78 is 12.3. The Morgan fingerprint density at radius 2 is 2.12 bits per heavy atom. The molecular weight excluding hydrogens is 310 g/mol. The molecule has 2 aromatic heterocycles. The van der Waals surface area contributed by atoms with Gasteiger partial charge in [0, 0.05) is 19.3 Å². The maximum absolute atomic E-state index is 12.7. The van der Waals surface area contributed by atoms with Crippen molar-refractivity contribution < 1.29 is 14.3 Å². The molecule has 3 rings (SSSR count). The SMILES string of the molecule is CCCCOc1c(C=O)nc2ccc(N3CCOCC3)cn2c1=O. The summed E-state index contributed by atoms with van der Waals surface area (Å²) in [4.78, 5) is 30.4. The van der Waals surface area contributed by atoms with Crippen molar-refractivity contribution in [1.82, 2.24) is 9.38 Å². The summed E-state index contributed by atoms with van der Waals surface area (Å²) >= 11 is 0. The zero-order valence-corrected chi connectivity index (χ0v) is 13.7. The van der Waals surface area contributed by atoms with Crippen LogP contribution in [-0.2, 0) is 4.74 Å². The molecule has 0 aliphatic carbocycles. The topological polar surface area (TPSA) is 73.1 Å². The molecule has 0 saturated carbocycles. The molecule has 1 aliphatic heterocycles. The fourth-order valence-corrected chi connectivity index (χ4v) is 2.67. The van der Waals surface area contributed by atoms with E-state index < -0.39 is 0 Å². The lowest BCUT2D eigenvalue weighted by Gasteiger charge is -2.28. The largest absolute Gasteiger partial charge is 0.486 e. The molecule has 0 N–H and O–H groups in total. The molecule has 0 spiro atoms. The number of hydrogen-bond donors (Lipinski definition) is 0. The van der Waals surface area contributed by atoms with Crippen LogP contribution in [0.5, 0.6) is 5.75 Å². The highest BCUT2D eigenvalue weighted by atomic mass is 16.5. The molecule has 1 aliphatic rings.